The smallest absolute Gasteiger partial charge is 0.245 e. The van der Waals surface area contributed by atoms with Gasteiger partial charge in [0, 0.05) is 5.69 Å². The van der Waals surface area contributed by atoms with E-state index in [1.54, 1.807) is 31.2 Å². The molecule has 2 aromatic carbocycles. The molecular weight excluding hydrogens is 424 g/mol. The summed E-state index contributed by atoms with van der Waals surface area (Å²) in [7, 11) is -7.03. The predicted molar refractivity (Wildman–Crippen MR) is 118 cm³/mol. The Morgan fingerprint density at radius 1 is 1.00 bits per heavy atom. The Bertz CT molecular complexity index is 1120. The van der Waals surface area contributed by atoms with Crippen molar-refractivity contribution in [1.82, 2.24) is 0 Å². The van der Waals surface area contributed by atoms with Crippen LogP contribution in [0.1, 0.15) is 31.2 Å². The minimum absolute atomic E-state index is 0.241. The highest BCUT2D eigenvalue weighted by atomic mass is 32.2. The molecular formula is C21H26N2O5S2. The van der Waals surface area contributed by atoms with E-state index in [1.165, 1.54) is 24.3 Å². The Balaban J connectivity index is 1.73. The molecule has 0 bridgehead atoms. The standard InChI is InChI=1S/C21H26N2O5S2/c1-16-7-3-6-10-20(16)23(29(2,25)26)15-21(24)22-17-11-13-19(14-12-17)30(27,28)18-8-4-5-9-18/h3,6-7,10-14,18H,4-5,8-9,15H2,1-2H3,(H,22,24). The quantitative estimate of drug-likeness (QED) is 0.699. The van der Waals surface area contributed by atoms with Crippen molar-refractivity contribution in [2.45, 2.75) is 42.8 Å². The fourth-order valence-corrected chi connectivity index (χ4v) is 6.44. The predicted octanol–water partition coefficient (Wildman–Crippen LogP) is 3.12. The van der Waals surface area contributed by atoms with E-state index < -0.39 is 25.8 Å². The number of hydrogen-bond donors (Lipinski definition) is 1. The summed E-state index contributed by atoms with van der Waals surface area (Å²) < 4.78 is 50.8. The highest BCUT2D eigenvalue weighted by Gasteiger charge is 2.30. The summed E-state index contributed by atoms with van der Waals surface area (Å²) in [5.74, 6) is -0.518. The SMILES string of the molecule is Cc1ccccc1N(CC(=O)Nc1ccc(S(=O)(=O)C2CCCC2)cc1)S(C)(=O)=O. The summed E-state index contributed by atoms with van der Waals surface area (Å²) in [5, 5.41) is 2.30. The fourth-order valence-electron chi connectivity index (χ4n) is 3.67. The number of aryl methyl sites for hydroxylation is 1. The number of anilines is 2. The van der Waals surface area contributed by atoms with E-state index in [9.17, 15) is 21.6 Å². The van der Waals surface area contributed by atoms with E-state index in [2.05, 4.69) is 5.32 Å². The van der Waals surface area contributed by atoms with Gasteiger partial charge in [0.2, 0.25) is 15.9 Å². The molecule has 3 rings (SSSR count). The van der Waals surface area contributed by atoms with Crippen LogP contribution in [-0.2, 0) is 24.7 Å². The van der Waals surface area contributed by atoms with Crippen molar-refractivity contribution in [3.63, 3.8) is 0 Å². The van der Waals surface area contributed by atoms with Crippen LogP contribution >= 0.6 is 0 Å². The van der Waals surface area contributed by atoms with Crippen LogP contribution < -0.4 is 9.62 Å². The van der Waals surface area contributed by atoms with Crippen molar-refractivity contribution in [1.29, 1.82) is 0 Å². The van der Waals surface area contributed by atoms with Gasteiger partial charge in [-0.05, 0) is 55.7 Å². The van der Waals surface area contributed by atoms with Crippen LogP contribution in [0.3, 0.4) is 0 Å². The molecule has 7 nitrogen and oxygen atoms in total. The average Bonchev–Trinajstić information content (AvgIpc) is 3.22. The fraction of sp³-hybridized carbons (Fsp3) is 0.381. The van der Waals surface area contributed by atoms with Gasteiger partial charge in [-0.3, -0.25) is 9.10 Å². The topological polar surface area (TPSA) is 101 Å². The number of sulfone groups is 1. The van der Waals surface area contributed by atoms with Crippen LogP contribution in [0, 0.1) is 6.92 Å². The van der Waals surface area contributed by atoms with Gasteiger partial charge in [0.15, 0.2) is 9.84 Å². The van der Waals surface area contributed by atoms with Gasteiger partial charge in [0.05, 0.1) is 22.1 Å². The number of nitrogens with zero attached hydrogens (tertiary/aromatic N) is 1. The van der Waals surface area contributed by atoms with Crippen molar-refractivity contribution < 1.29 is 21.6 Å². The number of carbonyl (C=O) groups is 1. The number of para-hydroxylation sites is 1. The first kappa shape index (κ1) is 22.3. The van der Waals surface area contributed by atoms with Gasteiger partial charge in [0.1, 0.15) is 6.54 Å². The average molecular weight is 451 g/mol. The Labute approximate surface area is 178 Å². The third-order valence-corrected chi connectivity index (χ3v) is 8.68. The highest BCUT2D eigenvalue weighted by Crippen LogP contribution is 2.30. The van der Waals surface area contributed by atoms with Crippen LogP contribution in [-0.4, -0.2) is 40.8 Å². The van der Waals surface area contributed by atoms with E-state index in [-0.39, 0.29) is 16.7 Å². The largest absolute Gasteiger partial charge is 0.325 e. The monoisotopic (exact) mass is 450 g/mol. The lowest BCUT2D eigenvalue weighted by molar-refractivity contribution is -0.114. The molecule has 0 unspecified atom stereocenters. The molecule has 1 fully saturated rings. The van der Waals surface area contributed by atoms with E-state index in [1.807, 2.05) is 0 Å². The van der Waals surface area contributed by atoms with E-state index in [0.29, 0.717) is 24.2 Å². The van der Waals surface area contributed by atoms with Gasteiger partial charge in [-0.15, -0.1) is 0 Å². The van der Waals surface area contributed by atoms with Crippen LogP contribution in [0.15, 0.2) is 53.4 Å². The van der Waals surface area contributed by atoms with Crippen molar-refractivity contribution in [2.24, 2.45) is 0 Å². The highest BCUT2D eigenvalue weighted by molar-refractivity contribution is 7.92. The van der Waals surface area contributed by atoms with Gasteiger partial charge in [-0.1, -0.05) is 31.0 Å². The molecule has 1 N–H and O–H groups in total. The maximum atomic E-state index is 12.7. The first-order valence-electron chi connectivity index (χ1n) is 9.76. The molecule has 0 heterocycles. The number of nitrogens with one attached hydrogen (secondary N) is 1. The maximum absolute atomic E-state index is 12.7. The lowest BCUT2D eigenvalue weighted by atomic mass is 10.2. The van der Waals surface area contributed by atoms with Crippen molar-refractivity contribution in [3.05, 3.63) is 54.1 Å². The number of rotatable bonds is 7. The molecule has 1 saturated carbocycles. The molecule has 0 spiro atoms. The zero-order valence-electron chi connectivity index (χ0n) is 17.0. The Kier molecular flexibility index (Phi) is 6.52. The number of amides is 1. The molecule has 30 heavy (non-hydrogen) atoms. The molecule has 0 radical (unpaired) electrons. The van der Waals surface area contributed by atoms with Crippen molar-refractivity contribution in [2.75, 3.05) is 22.4 Å². The third-order valence-electron chi connectivity index (χ3n) is 5.28. The second-order valence-electron chi connectivity index (χ2n) is 7.58. The minimum Gasteiger partial charge on any atom is -0.325 e. The normalized spacial score (nSPS) is 15.1. The van der Waals surface area contributed by atoms with Crippen LogP contribution in [0.25, 0.3) is 0 Å². The lowest BCUT2D eigenvalue weighted by Crippen LogP contribution is -2.37. The second kappa shape index (κ2) is 8.77. The zero-order chi connectivity index (χ0) is 21.9. The number of carbonyl (C=O) groups excluding carboxylic acids is 1. The number of sulfonamides is 1. The lowest BCUT2D eigenvalue weighted by Gasteiger charge is -2.23. The summed E-state index contributed by atoms with van der Waals surface area (Å²) in [4.78, 5) is 12.8. The van der Waals surface area contributed by atoms with Crippen LogP contribution in [0.5, 0.6) is 0 Å². The van der Waals surface area contributed by atoms with Crippen molar-refractivity contribution in [3.8, 4) is 0 Å². The molecule has 2 aromatic rings. The van der Waals surface area contributed by atoms with Crippen LogP contribution in [0.4, 0.5) is 11.4 Å². The summed E-state index contributed by atoms with van der Waals surface area (Å²) >= 11 is 0. The number of benzene rings is 2. The second-order valence-corrected chi connectivity index (χ2v) is 11.7. The number of hydrogen-bond acceptors (Lipinski definition) is 5. The molecule has 1 aliphatic carbocycles. The molecule has 162 valence electrons. The zero-order valence-corrected chi connectivity index (χ0v) is 18.7. The van der Waals surface area contributed by atoms with Gasteiger partial charge >= 0.3 is 0 Å². The van der Waals surface area contributed by atoms with E-state index in [0.717, 1.165) is 29.0 Å². The molecule has 1 aliphatic rings. The molecule has 0 aromatic heterocycles. The van der Waals surface area contributed by atoms with Crippen molar-refractivity contribution >= 4 is 37.1 Å². The van der Waals surface area contributed by atoms with Gasteiger partial charge in [-0.2, -0.15) is 0 Å². The molecule has 0 aliphatic heterocycles. The van der Waals surface area contributed by atoms with Gasteiger partial charge < -0.3 is 5.32 Å². The Hall–Kier alpha value is -2.39. The summed E-state index contributed by atoms with van der Waals surface area (Å²) in [6.07, 6.45) is 4.27. The maximum Gasteiger partial charge on any atom is 0.245 e. The third kappa shape index (κ3) is 5.02. The van der Waals surface area contributed by atoms with Gasteiger partial charge in [0.25, 0.3) is 0 Å². The first-order chi connectivity index (χ1) is 14.1. The summed E-state index contributed by atoms with van der Waals surface area (Å²) in [6.45, 7) is 1.39. The molecule has 9 heteroatoms. The first-order valence-corrected chi connectivity index (χ1v) is 13.2. The van der Waals surface area contributed by atoms with E-state index in [4.69, 9.17) is 0 Å². The minimum atomic E-state index is -3.67. The Morgan fingerprint density at radius 2 is 1.60 bits per heavy atom. The molecule has 1 amide bonds. The van der Waals surface area contributed by atoms with Crippen LogP contribution in [0.2, 0.25) is 0 Å². The van der Waals surface area contributed by atoms with E-state index >= 15 is 0 Å². The van der Waals surface area contributed by atoms with Gasteiger partial charge in [-0.25, -0.2) is 16.8 Å². The summed E-state index contributed by atoms with van der Waals surface area (Å²) in [5.41, 5.74) is 1.58. The summed E-state index contributed by atoms with van der Waals surface area (Å²) in [6, 6.07) is 12.9. The molecule has 0 atom stereocenters. The molecule has 0 saturated heterocycles. The Morgan fingerprint density at radius 3 is 2.17 bits per heavy atom.